The van der Waals surface area contributed by atoms with Gasteiger partial charge in [0.05, 0.1) is 17.3 Å². The molecule has 3 rings (SSSR count). The van der Waals surface area contributed by atoms with Gasteiger partial charge in [-0.2, -0.15) is 0 Å². The lowest BCUT2D eigenvalue weighted by Gasteiger charge is -2.10. The molecule has 0 unspecified atom stereocenters. The molecule has 1 aromatic carbocycles. The summed E-state index contributed by atoms with van der Waals surface area (Å²) in [5.41, 5.74) is 9.52. The van der Waals surface area contributed by atoms with Gasteiger partial charge in [0.1, 0.15) is 17.9 Å². The predicted molar refractivity (Wildman–Crippen MR) is 115 cm³/mol. The number of hydrogen-bond donors (Lipinski definition) is 3. The van der Waals surface area contributed by atoms with Gasteiger partial charge in [-0.25, -0.2) is 23.1 Å². The Morgan fingerprint density at radius 1 is 1.29 bits per heavy atom. The van der Waals surface area contributed by atoms with Gasteiger partial charge in [-0.3, -0.25) is 0 Å². The summed E-state index contributed by atoms with van der Waals surface area (Å²) in [4.78, 5) is 12.4. The summed E-state index contributed by atoms with van der Waals surface area (Å²) >= 11 is 3.54. The second-order valence-electron chi connectivity index (χ2n) is 6.62. The van der Waals surface area contributed by atoms with E-state index in [-0.39, 0.29) is 0 Å². The minimum Gasteiger partial charge on any atom is -0.382 e. The molecule has 0 radical (unpaired) electrons. The molecule has 0 spiro atoms. The second-order valence-corrected chi connectivity index (χ2v) is 9.37. The lowest BCUT2D eigenvalue weighted by atomic mass is 10.0. The van der Waals surface area contributed by atoms with Crippen LogP contribution in [0.1, 0.15) is 31.2 Å². The quantitative estimate of drug-likeness (QED) is 0.414. The number of imidazole rings is 1. The van der Waals surface area contributed by atoms with E-state index in [1.165, 1.54) is 6.26 Å². The summed E-state index contributed by atoms with van der Waals surface area (Å²) in [5, 5.41) is 0.985. The maximum absolute atomic E-state index is 11.2. The monoisotopic (exact) mass is 469 g/mol. The molecule has 0 atom stereocenters. The van der Waals surface area contributed by atoms with Crippen molar-refractivity contribution in [2.24, 2.45) is 0 Å². The number of halogens is 1. The number of pyridine rings is 1. The summed E-state index contributed by atoms with van der Waals surface area (Å²) in [6.45, 7) is 3.34. The highest BCUT2D eigenvalue weighted by molar-refractivity contribution is 9.10. The topological polar surface area (TPSA) is 123 Å². The molecule has 4 N–H and O–H groups in total. The van der Waals surface area contributed by atoms with Crippen molar-refractivity contribution in [1.29, 1.82) is 0 Å². The number of fused-ring (bicyclic) bond motifs is 3. The maximum Gasteiger partial charge on any atom is 0.208 e. The van der Waals surface area contributed by atoms with Gasteiger partial charge < -0.3 is 15.5 Å². The molecular formula is C18H24BrN5O3S. The Hall–Kier alpha value is -1.75. The Labute approximate surface area is 172 Å². The van der Waals surface area contributed by atoms with Gasteiger partial charge in [-0.15, -0.1) is 0 Å². The van der Waals surface area contributed by atoms with Crippen LogP contribution in [-0.2, 0) is 27.8 Å². The average molecular weight is 470 g/mol. The Morgan fingerprint density at radius 3 is 2.79 bits per heavy atom. The number of H-pyrrole nitrogens is 1. The highest BCUT2D eigenvalue weighted by Gasteiger charge is 2.15. The van der Waals surface area contributed by atoms with Crippen LogP contribution in [0.3, 0.4) is 0 Å². The van der Waals surface area contributed by atoms with Crippen molar-refractivity contribution in [1.82, 2.24) is 19.7 Å². The van der Waals surface area contributed by atoms with E-state index in [0.29, 0.717) is 36.9 Å². The number of benzene rings is 1. The van der Waals surface area contributed by atoms with Gasteiger partial charge in [0.15, 0.2) is 5.82 Å². The standard InChI is InChI=1S/C18H24BrN5O3S/c1-3-27-10-14-23-16-15-11(6-4-5-7-21-28(2,25)26)8-12(19)9-13(15)22-18(20)17(16)24-14/h8-9,21H,3-7,10H2,1-2H3,(H2,20,22)(H,23,24). The van der Waals surface area contributed by atoms with E-state index in [2.05, 4.69) is 41.7 Å². The normalized spacial score (nSPS) is 12.2. The molecule has 2 aromatic heterocycles. The van der Waals surface area contributed by atoms with Crippen molar-refractivity contribution in [3.05, 3.63) is 28.0 Å². The van der Waals surface area contributed by atoms with Crippen LogP contribution in [-0.4, -0.2) is 42.8 Å². The van der Waals surface area contributed by atoms with E-state index in [1.54, 1.807) is 0 Å². The third-order valence-electron chi connectivity index (χ3n) is 4.33. The lowest BCUT2D eigenvalue weighted by molar-refractivity contribution is 0.129. The zero-order chi connectivity index (χ0) is 20.3. The van der Waals surface area contributed by atoms with Crippen LogP contribution in [0.2, 0.25) is 0 Å². The molecule has 0 aliphatic carbocycles. The maximum atomic E-state index is 11.2. The molecule has 0 amide bonds. The van der Waals surface area contributed by atoms with E-state index in [1.807, 2.05) is 13.0 Å². The summed E-state index contributed by atoms with van der Waals surface area (Å²) in [5.74, 6) is 1.09. The molecular weight excluding hydrogens is 446 g/mol. The van der Waals surface area contributed by atoms with Gasteiger partial charge in [-0.1, -0.05) is 15.9 Å². The average Bonchev–Trinajstić information content (AvgIpc) is 3.02. The molecule has 0 aliphatic heterocycles. The van der Waals surface area contributed by atoms with E-state index >= 15 is 0 Å². The first-order chi connectivity index (χ1) is 13.3. The Balaban J connectivity index is 1.93. The van der Waals surface area contributed by atoms with Gasteiger partial charge in [0.2, 0.25) is 10.0 Å². The number of ether oxygens (including phenoxy) is 1. The number of anilines is 1. The zero-order valence-corrected chi connectivity index (χ0v) is 18.3. The summed E-state index contributed by atoms with van der Waals surface area (Å²) in [6, 6.07) is 4.00. The summed E-state index contributed by atoms with van der Waals surface area (Å²) < 4.78 is 31.3. The number of nitrogen functional groups attached to an aromatic ring is 1. The highest BCUT2D eigenvalue weighted by atomic mass is 79.9. The Morgan fingerprint density at radius 2 is 2.07 bits per heavy atom. The number of aromatic amines is 1. The molecule has 0 fully saturated rings. The number of aryl methyl sites for hydroxylation is 1. The number of nitrogens with one attached hydrogen (secondary N) is 2. The summed E-state index contributed by atoms with van der Waals surface area (Å²) in [7, 11) is -3.16. The number of rotatable bonds is 9. The minimum atomic E-state index is -3.16. The first-order valence-corrected chi connectivity index (χ1v) is 11.8. The number of nitrogens with two attached hydrogens (primary N) is 1. The van der Waals surface area contributed by atoms with Crippen LogP contribution in [0.5, 0.6) is 0 Å². The van der Waals surface area contributed by atoms with Crippen LogP contribution < -0.4 is 10.5 Å². The summed E-state index contributed by atoms with van der Waals surface area (Å²) in [6.07, 6.45) is 3.52. The zero-order valence-electron chi connectivity index (χ0n) is 15.9. The molecule has 2 heterocycles. The molecule has 0 saturated heterocycles. The smallest absolute Gasteiger partial charge is 0.208 e. The van der Waals surface area contributed by atoms with Gasteiger partial charge in [-0.05, 0) is 43.9 Å². The molecule has 152 valence electrons. The van der Waals surface area contributed by atoms with Crippen LogP contribution in [0.25, 0.3) is 21.9 Å². The Bertz CT molecular complexity index is 1100. The number of aromatic nitrogens is 3. The molecule has 28 heavy (non-hydrogen) atoms. The highest BCUT2D eigenvalue weighted by Crippen LogP contribution is 2.32. The third-order valence-corrected chi connectivity index (χ3v) is 5.52. The van der Waals surface area contributed by atoms with Crippen LogP contribution in [0.15, 0.2) is 16.6 Å². The van der Waals surface area contributed by atoms with Crippen LogP contribution in [0, 0.1) is 0 Å². The van der Waals surface area contributed by atoms with E-state index in [0.717, 1.165) is 45.7 Å². The second kappa shape index (κ2) is 8.73. The van der Waals surface area contributed by atoms with Crippen molar-refractivity contribution in [2.75, 3.05) is 25.1 Å². The largest absolute Gasteiger partial charge is 0.382 e. The fraction of sp³-hybridized carbons (Fsp3) is 0.444. The van der Waals surface area contributed by atoms with Crippen molar-refractivity contribution in [2.45, 2.75) is 32.8 Å². The molecule has 10 heteroatoms. The van der Waals surface area contributed by atoms with Crippen LogP contribution >= 0.6 is 15.9 Å². The van der Waals surface area contributed by atoms with Gasteiger partial charge >= 0.3 is 0 Å². The predicted octanol–water partition coefficient (Wildman–Crippen LogP) is 2.86. The van der Waals surface area contributed by atoms with Gasteiger partial charge in [0.25, 0.3) is 0 Å². The van der Waals surface area contributed by atoms with Crippen molar-refractivity contribution >= 4 is 53.7 Å². The van der Waals surface area contributed by atoms with E-state index in [9.17, 15) is 8.42 Å². The van der Waals surface area contributed by atoms with E-state index < -0.39 is 10.0 Å². The minimum absolute atomic E-state index is 0.378. The first kappa shape index (κ1) is 21.0. The third kappa shape index (κ3) is 4.99. The number of unbranched alkanes of at least 4 members (excludes halogenated alkanes) is 1. The fourth-order valence-electron chi connectivity index (χ4n) is 3.16. The Kier molecular flexibility index (Phi) is 6.54. The van der Waals surface area contributed by atoms with Gasteiger partial charge in [0, 0.05) is 23.0 Å². The SMILES string of the molecule is CCOCc1nc2c(N)nc3cc(Br)cc(CCCCNS(C)(=O)=O)c3c2[nH]1. The first-order valence-electron chi connectivity index (χ1n) is 9.07. The van der Waals surface area contributed by atoms with Crippen molar-refractivity contribution in [3.63, 3.8) is 0 Å². The molecule has 8 nitrogen and oxygen atoms in total. The molecule has 0 saturated carbocycles. The molecule has 3 aromatic rings. The number of hydrogen-bond acceptors (Lipinski definition) is 6. The lowest BCUT2D eigenvalue weighted by Crippen LogP contribution is -2.22. The number of nitrogens with zero attached hydrogens (tertiary/aromatic N) is 2. The number of sulfonamides is 1. The van der Waals surface area contributed by atoms with Crippen molar-refractivity contribution in [3.8, 4) is 0 Å². The van der Waals surface area contributed by atoms with Crippen LogP contribution in [0.4, 0.5) is 5.82 Å². The van der Waals surface area contributed by atoms with E-state index in [4.69, 9.17) is 10.5 Å². The molecule has 0 aliphatic rings. The fourth-order valence-corrected chi connectivity index (χ4v) is 4.17. The molecule has 0 bridgehead atoms. The van der Waals surface area contributed by atoms with Crippen molar-refractivity contribution < 1.29 is 13.2 Å².